The van der Waals surface area contributed by atoms with Crippen LogP contribution in [0.4, 0.5) is 0 Å². The summed E-state index contributed by atoms with van der Waals surface area (Å²) in [6.07, 6.45) is 8.76. The Labute approximate surface area is 99.8 Å². The number of hydrogen-bond donors (Lipinski definition) is 2. The topological polar surface area (TPSA) is 71.8 Å². The van der Waals surface area contributed by atoms with E-state index in [-0.39, 0.29) is 12.5 Å². The van der Waals surface area contributed by atoms with Crippen LogP contribution in [0.25, 0.3) is 0 Å². The fourth-order valence-corrected chi connectivity index (χ4v) is 1.85. The predicted molar refractivity (Wildman–Crippen MR) is 62.3 cm³/mol. The van der Waals surface area contributed by atoms with Gasteiger partial charge in [-0.05, 0) is 25.9 Å². The van der Waals surface area contributed by atoms with Gasteiger partial charge in [-0.3, -0.25) is 4.79 Å². The maximum atomic E-state index is 11.6. The van der Waals surface area contributed by atoms with Gasteiger partial charge in [0.15, 0.2) is 5.69 Å². The quantitative estimate of drug-likeness (QED) is 0.695. The lowest BCUT2D eigenvalue weighted by molar-refractivity contribution is 0.0953. The lowest BCUT2D eigenvalue weighted by Crippen LogP contribution is -2.29. The third kappa shape index (κ3) is 2.82. The molecule has 1 fully saturated rings. The minimum absolute atomic E-state index is 0.207. The summed E-state index contributed by atoms with van der Waals surface area (Å²) in [5.41, 5.74) is 0.318. The average molecular weight is 233 g/mol. The fraction of sp³-hybridized carbons (Fsp3) is 0.545. The Morgan fingerprint density at radius 1 is 1.65 bits per heavy atom. The number of amides is 1. The van der Waals surface area contributed by atoms with E-state index in [4.69, 9.17) is 6.42 Å². The monoisotopic (exact) mass is 233 g/mol. The van der Waals surface area contributed by atoms with Gasteiger partial charge in [-0.15, -0.1) is 11.5 Å². The van der Waals surface area contributed by atoms with Gasteiger partial charge in [-0.1, -0.05) is 11.1 Å². The molecule has 1 aromatic rings. The number of terminal acetylenes is 1. The number of nitrogens with zero attached hydrogens (tertiary/aromatic N) is 3. The van der Waals surface area contributed by atoms with Crippen molar-refractivity contribution in [2.45, 2.75) is 18.9 Å². The van der Waals surface area contributed by atoms with Gasteiger partial charge in [0, 0.05) is 0 Å². The van der Waals surface area contributed by atoms with Crippen LogP contribution in [-0.2, 0) is 0 Å². The minimum atomic E-state index is -0.275. The van der Waals surface area contributed by atoms with Crippen LogP contribution in [0.15, 0.2) is 6.20 Å². The van der Waals surface area contributed by atoms with E-state index in [1.165, 1.54) is 0 Å². The van der Waals surface area contributed by atoms with Crippen LogP contribution >= 0.6 is 0 Å². The van der Waals surface area contributed by atoms with Crippen LogP contribution in [0.3, 0.4) is 0 Å². The molecule has 0 saturated carbocycles. The highest BCUT2D eigenvalue weighted by Crippen LogP contribution is 2.16. The summed E-state index contributed by atoms with van der Waals surface area (Å²) in [5, 5.41) is 13.7. The highest BCUT2D eigenvalue weighted by atomic mass is 16.1. The van der Waals surface area contributed by atoms with E-state index in [2.05, 4.69) is 26.9 Å². The van der Waals surface area contributed by atoms with Crippen molar-refractivity contribution in [2.24, 2.45) is 0 Å². The van der Waals surface area contributed by atoms with Crippen LogP contribution in [0.2, 0.25) is 0 Å². The number of carbonyl (C=O) groups excluding carboxylic acids is 1. The second kappa shape index (κ2) is 5.46. The molecule has 2 rings (SSSR count). The van der Waals surface area contributed by atoms with Crippen LogP contribution < -0.4 is 10.6 Å². The highest BCUT2D eigenvalue weighted by Gasteiger charge is 2.18. The van der Waals surface area contributed by atoms with Crippen LogP contribution in [0.1, 0.15) is 29.4 Å². The molecule has 0 radical (unpaired) electrons. The first-order valence-electron chi connectivity index (χ1n) is 5.65. The van der Waals surface area contributed by atoms with Gasteiger partial charge in [0.1, 0.15) is 0 Å². The van der Waals surface area contributed by atoms with E-state index >= 15 is 0 Å². The van der Waals surface area contributed by atoms with Crippen molar-refractivity contribution in [1.29, 1.82) is 0 Å². The maximum absolute atomic E-state index is 11.6. The standard InChI is InChI=1S/C11H15N5O/c1-2-5-13-11(17)10-8-16(15-14-10)9-3-6-12-7-4-9/h1,8-9,12H,3-7H2,(H,13,17). The zero-order chi connectivity index (χ0) is 12.1. The van der Waals surface area contributed by atoms with Crippen molar-refractivity contribution in [3.8, 4) is 12.3 Å². The van der Waals surface area contributed by atoms with Gasteiger partial charge in [0.25, 0.3) is 5.91 Å². The average Bonchev–Trinajstić information content (AvgIpc) is 2.86. The second-order valence-electron chi connectivity index (χ2n) is 3.95. The first-order chi connectivity index (χ1) is 8.31. The van der Waals surface area contributed by atoms with Gasteiger partial charge in [0.05, 0.1) is 18.8 Å². The Hall–Kier alpha value is -1.87. The van der Waals surface area contributed by atoms with E-state index in [0.29, 0.717) is 11.7 Å². The predicted octanol–water partition coefficient (Wildman–Crippen LogP) is -0.434. The van der Waals surface area contributed by atoms with Gasteiger partial charge < -0.3 is 10.6 Å². The zero-order valence-corrected chi connectivity index (χ0v) is 9.52. The molecule has 6 heteroatoms. The SMILES string of the molecule is C#CCNC(=O)c1cn(C2CCNCC2)nn1. The largest absolute Gasteiger partial charge is 0.340 e. The summed E-state index contributed by atoms with van der Waals surface area (Å²) in [5.74, 6) is 2.07. The summed E-state index contributed by atoms with van der Waals surface area (Å²) in [4.78, 5) is 11.6. The molecular weight excluding hydrogens is 218 g/mol. The maximum Gasteiger partial charge on any atom is 0.274 e. The van der Waals surface area contributed by atoms with Gasteiger partial charge >= 0.3 is 0 Å². The van der Waals surface area contributed by atoms with Crippen molar-refractivity contribution in [1.82, 2.24) is 25.6 Å². The fourth-order valence-electron chi connectivity index (χ4n) is 1.85. The number of nitrogens with one attached hydrogen (secondary N) is 2. The summed E-state index contributed by atoms with van der Waals surface area (Å²) in [6, 6.07) is 0.331. The van der Waals surface area contributed by atoms with Crippen molar-refractivity contribution >= 4 is 5.91 Å². The summed E-state index contributed by atoms with van der Waals surface area (Å²) < 4.78 is 1.77. The van der Waals surface area contributed by atoms with E-state index in [0.717, 1.165) is 25.9 Å². The molecule has 6 nitrogen and oxygen atoms in total. The number of carbonyl (C=O) groups is 1. The Balaban J connectivity index is 2.00. The molecule has 1 aliphatic heterocycles. The third-order valence-corrected chi connectivity index (χ3v) is 2.78. The second-order valence-corrected chi connectivity index (χ2v) is 3.95. The van der Waals surface area contributed by atoms with Gasteiger partial charge in [-0.25, -0.2) is 4.68 Å². The molecular formula is C11H15N5O. The summed E-state index contributed by atoms with van der Waals surface area (Å²) in [7, 11) is 0. The lowest BCUT2D eigenvalue weighted by Gasteiger charge is -2.21. The van der Waals surface area contributed by atoms with Gasteiger partial charge in [0.2, 0.25) is 0 Å². The van der Waals surface area contributed by atoms with Crippen LogP contribution in [0, 0.1) is 12.3 Å². The lowest BCUT2D eigenvalue weighted by atomic mass is 10.1. The highest BCUT2D eigenvalue weighted by molar-refractivity contribution is 5.91. The molecule has 0 bridgehead atoms. The smallest absolute Gasteiger partial charge is 0.274 e. The number of hydrogen-bond acceptors (Lipinski definition) is 4. The molecule has 0 aromatic carbocycles. The molecule has 1 amide bonds. The Morgan fingerprint density at radius 2 is 2.41 bits per heavy atom. The first-order valence-corrected chi connectivity index (χ1v) is 5.65. The van der Waals surface area contributed by atoms with Crippen molar-refractivity contribution in [3.63, 3.8) is 0 Å². The van der Waals surface area contributed by atoms with Crippen molar-refractivity contribution < 1.29 is 4.79 Å². The molecule has 1 aliphatic rings. The molecule has 0 atom stereocenters. The number of piperidine rings is 1. The molecule has 2 heterocycles. The molecule has 1 saturated heterocycles. The number of rotatable bonds is 3. The van der Waals surface area contributed by atoms with E-state index in [9.17, 15) is 4.79 Å². The van der Waals surface area contributed by atoms with Crippen molar-refractivity contribution in [2.75, 3.05) is 19.6 Å². The Bertz CT molecular complexity index is 427. The first kappa shape index (κ1) is 11.6. The molecule has 0 unspecified atom stereocenters. The Morgan fingerprint density at radius 3 is 3.12 bits per heavy atom. The van der Waals surface area contributed by atoms with E-state index in [1.54, 1.807) is 10.9 Å². The zero-order valence-electron chi connectivity index (χ0n) is 9.52. The normalized spacial score (nSPS) is 16.4. The molecule has 0 aliphatic carbocycles. The van der Waals surface area contributed by atoms with Crippen LogP contribution in [-0.4, -0.2) is 40.5 Å². The molecule has 0 spiro atoms. The summed E-state index contributed by atoms with van der Waals surface area (Å²) in [6.45, 7) is 2.16. The molecule has 1 aromatic heterocycles. The molecule has 90 valence electrons. The molecule has 2 N–H and O–H groups in total. The minimum Gasteiger partial charge on any atom is -0.340 e. The third-order valence-electron chi connectivity index (χ3n) is 2.78. The Kier molecular flexibility index (Phi) is 3.73. The van der Waals surface area contributed by atoms with E-state index in [1.807, 2.05) is 0 Å². The molecule has 17 heavy (non-hydrogen) atoms. The van der Waals surface area contributed by atoms with Crippen LogP contribution in [0.5, 0.6) is 0 Å². The van der Waals surface area contributed by atoms with E-state index < -0.39 is 0 Å². The van der Waals surface area contributed by atoms with Crippen molar-refractivity contribution in [3.05, 3.63) is 11.9 Å². The summed E-state index contributed by atoms with van der Waals surface area (Å²) >= 11 is 0. The van der Waals surface area contributed by atoms with Gasteiger partial charge in [-0.2, -0.15) is 0 Å². The number of aromatic nitrogens is 3.